The third-order valence-corrected chi connectivity index (χ3v) is 6.74. The number of carbonyl (C=O) groups is 3. The molecule has 3 aliphatic carbocycles. The largest absolute Gasteiger partial charge is 0.341 e. The summed E-state index contributed by atoms with van der Waals surface area (Å²) in [5.41, 5.74) is 0.963. The predicted octanol–water partition coefficient (Wildman–Crippen LogP) is 2.66. The molecule has 5 atom stereocenters. The van der Waals surface area contributed by atoms with Gasteiger partial charge in [-0.1, -0.05) is 42.5 Å². The number of fused-ring (bicyclic) bond motifs is 1. The van der Waals surface area contributed by atoms with Crippen LogP contribution in [-0.2, 0) is 20.8 Å². The molecule has 1 aromatic rings. The van der Waals surface area contributed by atoms with E-state index in [0.29, 0.717) is 19.5 Å². The topological polar surface area (TPSA) is 57.7 Å². The van der Waals surface area contributed by atoms with Gasteiger partial charge in [-0.05, 0) is 44.1 Å². The van der Waals surface area contributed by atoms with Gasteiger partial charge >= 0.3 is 0 Å². The van der Waals surface area contributed by atoms with E-state index in [1.54, 1.807) is 4.90 Å². The Balaban J connectivity index is 1.69. The summed E-state index contributed by atoms with van der Waals surface area (Å²) >= 11 is 0. The van der Waals surface area contributed by atoms with Crippen LogP contribution in [0.5, 0.6) is 0 Å². The van der Waals surface area contributed by atoms with Crippen LogP contribution in [0.1, 0.15) is 32.3 Å². The minimum absolute atomic E-state index is 0.130. The maximum atomic E-state index is 13.4. The van der Waals surface area contributed by atoms with Crippen LogP contribution < -0.4 is 0 Å². The summed E-state index contributed by atoms with van der Waals surface area (Å²) in [6.45, 7) is 4.99. The molecule has 5 rings (SSSR count). The molecular weight excluding hydrogens is 352 g/mol. The molecule has 0 N–H and O–H groups in total. The van der Waals surface area contributed by atoms with E-state index in [0.717, 1.165) is 18.4 Å². The maximum absolute atomic E-state index is 13.4. The number of likely N-dealkylation sites (N-methyl/N-ethyl adjacent to an activating group) is 1. The second kappa shape index (κ2) is 7.53. The number of carbonyl (C=O) groups excluding carboxylic acids is 3. The molecule has 2 bridgehead atoms. The average Bonchev–Trinajstić information content (AvgIpc) is 3.01. The predicted molar refractivity (Wildman–Crippen MR) is 106 cm³/mol. The lowest BCUT2D eigenvalue weighted by atomic mass is 9.63. The van der Waals surface area contributed by atoms with Gasteiger partial charge in [-0.2, -0.15) is 0 Å². The first-order valence-corrected chi connectivity index (χ1v) is 10.4. The van der Waals surface area contributed by atoms with E-state index in [-0.39, 0.29) is 41.4 Å². The Morgan fingerprint density at radius 2 is 1.54 bits per heavy atom. The minimum Gasteiger partial charge on any atom is -0.341 e. The molecule has 0 radical (unpaired) electrons. The summed E-state index contributed by atoms with van der Waals surface area (Å²) in [6, 6.07) is 8.91. The zero-order valence-corrected chi connectivity index (χ0v) is 16.6. The van der Waals surface area contributed by atoms with Crippen molar-refractivity contribution in [2.24, 2.45) is 23.7 Å². The Labute approximate surface area is 166 Å². The van der Waals surface area contributed by atoms with Crippen LogP contribution in [0.25, 0.3) is 0 Å². The summed E-state index contributed by atoms with van der Waals surface area (Å²) < 4.78 is 0. The first-order chi connectivity index (χ1) is 13.6. The highest BCUT2D eigenvalue weighted by atomic mass is 16.2. The van der Waals surface area contributed by atoms with E-state index >= 15 is 0 Å². The van der Waals surface area contributed by atoms with Gasteiger partial charge in [0.1, 0.15) is 6.04 Å². The van der Waals surface area contributed by atoms with Gasteiger partial charge in [0, 0.05) is 19.5 Å². The van der Waals surface area contributed by atoms with Crippen molar-refractivity contribution in [2.45, 2.75) is 39.2 Å². The van der Waals surface area contributed by atoms with E-state index in [4.69, 9.17) is 0 Å². The molecular formula is C23H28N2O3. The summed E-state index contributed by atoms with van der Waals surface area (Å²) in [5.74, 6) is -0.701. The molecule has 3 amide bonds. The first kappa shape index (κ1) is 18.9. The van der Waals surface area contributed by atoms with E-state index in [1.165, 1.54) is 4.90 Å². The highest BCUT2D eigenvalue weighted by Gasteiger charge is 2.58. The van der Waals surface area contributed by atoms with Gasteiger partial charge in [-0.3, -0.25) is 19.3 Å². The van der Waals surface area contributed by atoms with Gasteiger partial charge in [-0.15, -0.1) is 0 Å². The molecule has 2 fully saturated rings. The second-order valence-corrected chi connectivity index (χ2v) is 8.10. The fourth-order valence-corrected chi connectivity index (χ4v) is 5.28. The molecule has 28 heavy (non-hydrogen) atoms. The van der Waals surface area contributed by atoms with Crippen LogP contribution >= 0.6 is 0 Å². The molecule has 5 heteroatoms. The molecule has 1 aliphatic heterocycles. The normalized spacial score (nSPS) is 29.1. The summed E-state index contributed by atoms with van der Waals surface area (Å²) in [4.78, 5) is 43.1. The van der Waals surface area contributed by atoms with Crippen molar-refractivity contribution in [3.8, 4) is 0 Å². The van der Waals surface area contributed by atoms with Crippen LogP contribution in [0.4, 0.5) is 0 Å². The van der Waals surface area contributed by atoms with Gasteiger partial charge in [0.2, 0.25) is 17.7 Å². The van der Waals surface area contributed by atoms with Crippen molar-refractivity contribution >= 4 is 17.7 Å². The molecule has 0 unspecified atom stereocenters. The van der Waals surface area contributed by atoms with Crippen molar-refractivity contribution < 1.29 is 14.4 Å². The quantitative estimate of drug-likeness (QED) is 0.563. The molecule has 5 nitrogen and oxygen atoms in total. The molecule has 0 aromatic heterocycles. The van der Waals surface area contributed by atoms with Crippen LogP contribution in [0.15, 0.2) is 42.5 Å². The number of rotatable bonds is 6. The Morgan fingerprint density at radius 1 is 1.00 bits per heavy atom. The molecule has 1 heterocycles. The van der Waals surface area contributed by atoms with E-state index in [1.807, 2.05) is 44.2 Å². The van der Waals surface area contributed by atoms with Gasteiger partial charge < -0.3 is 4.90 Å². The fraction of sp³-hybridized carbons (Fsp3) is 0.522. The van der Waals surface area contributed by atoms with Crippen molar-refractivity contribution in [1.82, 2.24) is 9.80 Å². The molecule has 1 aromatic carbocycles. The van der Waals surface area contributed by atoms with Gasteiger partial charge in [-0.25, -0.2) is 0 Å². The average molecular weight is 380 g/mol. The number of amides is 3. The lowest BCUT2D eigenvalue weighted by Gasteiger charge is -2.38. The summed E-state index contributed by atoms with van der Waals surface area (Å²) in [6.07, 6.45) is 6.52. The van der Waals surface area contributed by atoms with Gasteiger partial charge in [0.15, 0.2) is 0 Å². The second-order valence-electron chi connectivity index (χ2n) is 8.10. The summed E-state index contributed by atoms with van der Waals surface area (Å²) in [7, 11) is 0. The van der Waals surface area contributed by atoms with Crippen molar-refractivity contribution in [2.75, 3.05) is 13.1 Å². The van der Waals surface area contributed by atoms with Crippen LogP contribution in [0.2, 0.25) is 0 Å². The third kappa shape index (κ3) is 2.97. The van der Waals surface area contributed by atoms with Crippen molar-refractivity contribution in [1.29, 1.82) is 0 Å². The monoisotopic (exact) mass is 380 g/mol. The zero-order chi connectivity index (χ0) is 19.8. The van der Waals surface area contributed by atoms with Crippen molar-refractivity contribution in [3.63, 3.8) is 0 Å². The summed E-state index contributed by atoms with van der Waals surface area (Å²) in [5, 5.41) is 0. The first-order valence-electron chi connectivity index (χ1n) is 10.4. The highest BCUT2D eigenvalue weighted by molar-refractivity contribution is 6.09. The van der Waals surface area contributed by atoms with E-state index < -0.39 is 6.04 Å². The van der Waals surface area contributed by atoms with E-state index in [2.05, 4.69) is 12.2 Å². The minimum atomic E-state index is -0.757. The molecule has 1 saturated carbocycles. The van der Waals surface area contributed by atoms with Crippen LogP contribution in [0.3, 0.4) is 0 Å². The SMILES string of the molecule is CCN(CC)C(=O)[C@H](Cc1ccccc1)N1C(=O)[C@H]2[C@H](C1=O)[C@H]1C=C[C@H]2CC1. The number of hydrogen-bond acceptors (Lipinski definition) is 3. The van der Waals surface area contributed by atoms with E-state index in [9.17, 15) is 14.4 Å². The standard InChI is InChI=1S/C23H28N2O3/c1-3-24(4-2)21(26)18(14-15-8-6-5-7-9-15)25-22(27)19-16-10-11-17(13-12-16)20(19)23(25)28/h5-11,16-20H,3-4,12-14H2,1-2H3/t16-,17-,18-,19+,20+/m0/s1. The Kier molecular flexibility index (Phi) is 5.09. The fourth-order valence-electron chi connectivity index (χ4n) is 5.28. The molecule has 4 aliphatic rings. The van der Waals surface area contributed by atoms with Gasteiger partial charge in [0.25, 0.3) is 0 Å². The molecule has 1 saturated heterocycles. The lowest BCUT2D eigenvalue weighted by Crippen LogP contribution is -2.52. The van der Waals surface area contributed by atoms with Crippen LogP contribution in [-0.4, -0.2) is 46.7 Å². The Morgan fingerprint density at radius 3 is 2.00 bits per heavy atom. The number of imide groups is 1. The molecule has 0 spiro atoms. The number of likely N-dealkylation sites (tertiary alicyclic amines) is 1. The van der Waals surface area contributed by atoms with Gasteiger partial charge in [0.05, 0.1) is 11.8 Å². The Hall–Kier alpha value is -2.43. The van der Waals surface area contributed by atoms with Crippen LogP contribution in [0, 0.1) is 23.7 Å². The van der Waals surface area contributed by atoms with Crippen molar-refractivity contribution in [3.05, 3.63) is 48.0 Å². The zero-order valence-electron chi connectivity index (χ0n) is 16.6. The molecule has 148 valence electrons. The number of allylic oxidation sites excluding steroid dienone is 2. The third-order valence-electron chi connectivity index (χ3n) is 6.74. The number of benzene rings is 1. The Bertz CT molecular complexity index is 767. The number of nitrogens with zero attached hydrogens (tertiary/aromatic N) is 2. The maximum Gasteiger partial charge on any atom is 0.246 e. The lowest BCUT2D eigenvalue weighted by molar-refractivity contribution is -0.151. The number of hydrogen-bond donors (Lipinski definition) is 0. The highest BCUT2D eigenvalue weighted by Crippen LogP contribution is 2.50. The smallest absolute Gasteiger partial charge is 0.246 e.